The molecule has 1 fully saturated rings. The second kappa shape index (κ2) is 3.56. The van der Waals surface area contributed by atoms with Crippen molar-refractivity contribution in [3.05, 3.63) is 0 Å². The minimum Gasteiger partial charge on any atom is -0.343 e. The predicted molar refractivity (Wildman–Crippen MR) is 38.5 cm³/mol. The second-order valence-corrected chi connectivity index (χ2v) is 2.60. The van der Waals surface area contributed by atoms with Crippen molar-refractivity contribution in [2.45, 2.75) is 13.3 Å². The Morgan fingerprint density at radius 3 is 2.60 bits per heavy atom. The lowest BCUT2D eigenvalue weighted by Crippen LogP contribution is -2.89. The monoisotopic (exact) mass is 143 g/mol. The van der Waals surface area contributed by atoms with Crippen LogP contribution in [0.4, 0.5) is 0 Å². The molecule has 1 aliphatic heterocycles. The van der Waals surface area contributed by atoms with E-state index in [0.29, 0.717) is 12.3 Å². The molecule has 0 saturated carbocycles. The average molecular weight is 143 g/mol. The van der Waals surface area contributed by atoms with E-state index in [-0.39, 0.29) is 0 Å². The molecule has 1 aliphatic rings. The number of hydrogen-bond acceptors (Lipinski definition) is 1. The van der Waals surface area contributed by atoms with Crippen molar-refractivity contribution in [1.29, 1.82) is 0 Å². The van der Waals surface area contributed by atoms with Gasteiger partial charge in [-0.15, -0.1) is 0 Å². The highest BCUT2D eigenvalue weighted by molar-refractivity contribution is 5.75. The number of quaternary nitrogens is 1. The summed E-state index contributed by atoms with van der Waals surface area (Å²) in [5, 5.41) is 2.25. The van der Waals surface area contributed by atoms with Crippen LogP contribution in [0.5, 0.6) is 0 Å². The fourth-order valence-electron chi connectivity index (χ4n) is 1.22. The van der Waals surface area contributed by atoms with E-state index in [0.717, 1.165) is 26.2 Å². The first-order valence-corrected chi connectivity index (χ1v) is 3.94. The SMILES string of the molecule is CCC(=O)N1CC[NH2+]CC1. The number of nitrogens with two attached hydrogens (primary N) is 1. The number of carbonyl (C=O) groups excluding carboxylic acids is 1. The maximum atomic E-state index is 11.1. The van der Waals surface area contributed by atoms with E-state index in [1.54, 1.807) is 0 Å². The molecule has 0 spiro atoms. The average Bonchev–Trinajstić information content (AvgIpc) is 2.05. The zero-order valence-corrected chi connectivity index (χ0v) is 6.47. The Balaban J connectivity index is 2.31. The van der Waals surface area contributed by atoms with E-state index >= 15 is 0 Å². The molecule has 3 nitrogen and oxygen atoms in total. The minimum atomic E-state index is 0.299. The molecule has 0 atom stereocenters. The Hall–Kier alpha value is -0.570. The summed E-state index contributed by atoms with van der Waals surface area (Å²) in [6.45, 7) is 5.94. The van der Waals surface area contributed by atoms with Crippen LogP contribution in [0.25, 0.3) is 0 Å². The third kappa shape index (κ3) is 1.70. The van der Waals surface area contributed by atoms with Crippen LogP contribution in [0.2, 0.25) is 0 Å². The molecule has 0 unspecified atom stereocenters. The number of piperazine rings is 1. The molecule has 1 amide bonds. The fourth-order valence-corrected chi connectivity index (χ4v) is 1.22. The van der Waals surface area contributed by atoms with Crippen LogP contribution in [-0.2, 0) is 4.79 Å². The summed E-state index contributed by atoms with van der Waals surface area (Å²) in [6, 6.07) is 0. The maximum absolute atomic E-state index is 11.1. The fraction of sp³-hybridized carbons (Fsp3) is 0.857. The first kappa shape index (κ1) is 7.54. The van der Waals surface area contributed by atoms with Crippen LogP contribution in [0.3, 0.4) is 0 Å². The molecule has 0 aromatic rings. The molecule has 3 heteroatoms. The van der Waals surface area contributed by atoms with Gasteiger partial charge in [-0.2, -0.15) is 0 Å². The van der Waals surface area contributed by atoms with Gasteiger partial charge in [0, 0.05) is 6.42 Å². The van der Waals surface area contributed by atoms with Crippen molar-refractivity contribution in [3.63, 3.8) is 0 Å². The van der Waals surface area contributed by atoms with Crippen LogP contribution in [0.1, 0.15) is 13.3 Å². The summed E-state index contributed by atoms with van der Waals surface area (Å²) < 4.78 is 0. The van der Waals surface area contributed by atoms with Crippen LogP contribution >= 0.6 is 0 Å². The van der Waals surface area contributed by atoms with Crippen LogP contribution in [0.15, 0.2) is 0 Å². The van der Waals surface area contributed by atoms with E-state index in [1.165, 1.54) is 0 Å². The summed E-state index contributed by atoms with van der Waals surface area (Å²) in [7, 11) is 0. The molecule has 10 heavy (non-hydrogen) atoms. The number of nitrogens with zero attached hydrogens (tertiary/aromatic N) is 1. The lowest BCUT2D eigenvalue weighted by atomic mass is 10.3. The van der Waals surface area contributed by atoms with Gasteiger partial charge in [0.25, 0.3) is 0 Å². The molecular formula is C7H15N2O+. The predicted octanol–water partition coefficient (Wildman–Crippen LogP) is -1.20. The number of amides is 1. The quantitative estimate of drug-likeness (QED) is 0.492. The molecule has 0 radical (unpaired) electrons. The lowest BCUT2D eigenvalue weighted by molar-refractivity contribution is -0.662. The molecule has 0 bridgehead atoms. The van der Waals surface area contributed by atoms with E-state index in [9.17, 15) is 4.79 Å². The molecule has 1 rings (SSSR count). The van der Waals surface area contributed by atoms with Gasteiger partial charge >= 0.3 is 0 Å². The van der Waals surface area contributed by atoms with Gasteiger partial charge in [0.1, 0.15) is 0 Å². The van der Waals surface area contributed by atoms with Gasteiger partial charge in [-0.25, -0.2) is 0 Å². The third-order valence-electron chi connectivity index (χ3n) is 1.86. The van der Waals surface area contributed by atoms with Crippen molar-refractivity contribution in [2.75, 3.05) is 26.2 Å². The van der Waals surface area contributed by atoms with Crippen molar-refractivity contribution in [1.82, 2.24) is 4.90 Å². The Bertz CT molecular complexity index is 119. The van der Waals surface area contributed by atoms with Gasteiger partial charge in [-0.3, -0.25) is 4.79 Å². The van der Waals surface area contributed by atoms with Gasteiger partial charge in [-0.05, 0) is 0 Å². The first-order chi connectivity index (χ1) is 4.84. The number of carbonyl (C=O) groups is 1. The normalized spacial score (nSPS) is 19.1. The molecule has 0 aromatic heterocycles. The van der Waals surface area contributed by atoms with Gasteiger partial charge in [0.05, 0.1) is 26.2 Å². The molecule has 1 saturated heterocycles. The van der Waals surface area contributed by atoms with Crippen molar-refractivity contribution in [2.24, 2.45) is 0 Å². The van der Waals surface area contributed by atoms with Gasteiger partial charge in [0.2, 0.25) is 5.91 Å². The van der Waals surface area contributed by atoms with E-state index in [2.05, 4.69) is 5.32 Å². The van der Waals surface area contributed by atoms with Gasteiger partial charge < -0.3 is 10.2 Å². The lowest BCUT2D eigenvalue weighted by Gasteiger charge is -2.24. The van der Waals surface area contributed by atoms with Crippen LogP contribution in [-0.4, -0.2) is 37.0 Å². The third-order valence-corrected chi connectivity index (χ3v) is 1.86. The van der Waals surface area contributed by atoms with Crippen molar-refractivity contribution < 1.29 is 10.1 Å². The van der Waals surface area contributed by atoms with E-state index < -0.39 is 0 Å². The first-order valence-electron chi connectivity index (χ1n) is 3.94. The van der Waals surface area contributed by atoms with Crippen molar-refractivity contribution >= 4 is 5.91 Å². The second-order valence-electron chi connectivity index (χ2n) is 2.60. The minimum absolute atomic E-state index is 0.299. The highest BCUT2D eigenvalue weighted by atomic mass is 16.2. The van der Waals surface area contributed by atoms with Crippen LogP contribution < -0.4 is 5.32 Å². The maximum Gasteiger partial charge on any atom is 0.222 e. The van der Waals surface area contributed by atoms with E-state index in [4.69, 9.17) is 0 Å². The Morgan fingerprint density at radius 1 is 1.50 bits per heavy atom. The van der Waals surface area contributed by atoms with E-state index in [1.807, 2.05) is 11.8 Å². The molecule has 2 N–H and O–H groups in total. The Labute approximate surface area is 61.4 Å². The topological polar surface area (TPSA) is 36.9 Å². The standard InChI is InChI=1S/C7H14N2O/c1-2-7(10)9-5-3-8-4-6-9/h8H,2-6H2,1H3/p+1. The summed E-state index contributed by atoms with van der Waals surface area (Å²) in [5.74, 6) is 0.299. The van der Waals surface area contributed by atoms with Crippen molar-refractivity contribution in [3.8, 4) is 0 Å². The van der Waals surface area contributed by atoms with Gasteiger partial charge in [0.15, 0.2) is 0 Å². The molecule has 0 aromatic carbocycles. The molecule has 58 valence electrons. The van der Waals surface area contributed by atoms with Crippen LogP contribution in [0, 0.1) is 0 Å². The number of rotatable bonds is 1. The molecular weight excluding hydrogens is 128 g/mol. The highest BCUT2D eigenvalue weighted by Crippen LogP contribution is 1.92. The summed E-state index contributed by atoms with van der Waals surface area (Å²) in [5.41, 5.74) is 0. The summed E-state index contributed by atoms with van der Waals surface area (Å²) in [4.78, 5) is 13.0. The molecule has 1 heterocycles. The highest BCUT2D eigenvalue weighted by Gasteiger charge is 2.15. The number of hydrogen-bond donors (Lipinski definition) is 1. The molecule has 0 aliphatic carbocycles. The van der Waals surface area contributed by atoms with Gasteiger partial charge in [-0.1, -0.05) is 6.92 Å². The largest absolute Gasteiger partial charge is 0.343 e. The summed E-state index contributed by atoms with van der Waals surface area (Å²) in [6.07, 6.45) is 0.653. The Morgan fingerprint density at radius 2 is 2.10 bits per heavy atom. The summed E-state index contributed by atoms with van der Waals surface area (Å²) >= 11 is 0. The Kier molecular flexibility index (Phi) is 2.68. The smallest absolute Gasteiger partial charge is 0.222 e. The zero-order chi connectivity index (χ0) is 7.40. The zero-order valence-electron chi connectivity index (χ0n) is 6.47.